The molecule has 1 atom stereocenters. The number of piperazine rings is 1. The van der Waals surface area contributed by atoms with E-state index < -0.39 is 29.0 Å². The summed E-state index contributed by atoms with van der Waals surface area (Å²) >= 11 is 0. The van der Waals surface area contributed by atoms with Crippen molar-refractivity contribution in [1.29, 1.82) is 0 Å². The summed E-state index contributed by atoms with van der Waals surface area (Å²) in [6, 6.07) is 21.0. The van der Waals surface area contributed by atoms with Crippen molar-refractivity contribution in [2.75, 3.05) is 32.7 Å². The first kappa shape index (κ1) is 27.2. The lowest BCUT2D eigenvalue weighted by Crippen LogP contribution is -2.55. The molecule has 1 radical (unpaired) electrons. The molecular weight excluding hydrogens is 490 g/mol. The van der Waals surface area contributed by atoms with E-state index >= 15 is 0 Å². The Hall–Kier alpha value is -2.84. The van der Waals surface area contributed by atoms with E-state index in [-0.39, 0.29) is 18.1 Å². The summed E-state index contributed by atoms with van der Waals surface area (Å²) in [7, 11) is 0. The highest BCUT2D eigenvalue weighted by atomic mass is 19.4. The van der Waals surface area contributed by atoms with Gasteiger partial charge in [-0.05, 0) is 54.7 Å². The van der Waals surface area contributed by atoms with Crippen molar-refractivity contribution < 1.29 is 26.3 Å². The molecule has 0 N–H and O–H groups in total. The van der Waals surface area contributed by atoms with Crippen molar-refractivity contribution in [2.45, 2.75) is 30.7 Å². The summed E-state index contributed by atoms with van der Waals surface area (Å²) in [6.45, 7) is 7.93. The molecule has 4 rings (SSSR count). The number of nitrogens with zero attached hydrogens (tertiary/aromatic N) is 2. The summed E-state index contributed by atoms with van der Waals surface area (Å²) in [5, 5.41) is 0. The second-order valence-electron chi connectivity index (χ2n) is 9.55. The van der Waals surface area contributed by atoms with Crippen LogP contribution in [-0.4, -0.2) is 42.5 Å². The molecular formula is C29H29F6N2. The molecule has 1 unspecified atom stereocenters. The van der Waals surface area contributed by atoms with Gasteiger partial charge in [-0.1, -0.05) is 60.7 Å². The molecule has 1 heterocycles. The summed E-state index contributed by atoms with van der Waals surface area (Å²) in [5.41, 5.74) is -1.70. The van der Waals surface area contributed by atoms with E-state index in [2.05, 4.69) is 28.9 Å². The molecule has 0 spiro atoms. The average molecular weight is 520 g/mol. The molecule has 1 fully saturated rings. The summed E-state index contributed by atoms with van der Waals surface area (Å²) in [4.78, 5) is 4.40. The van der Waals surface area contributed by atoms with Gasteiger partial charge in [-0.2, -0.15) is 26.3 Å². The lowest BCUT2D eigenvalue weighted by atomic mass is 9.82. The van der Waals surface area contributed by atoms with E-state index in [1.165, 1.54) is 5.56 Å². The van der Waals surface area contributed by atoms with Gasteiger partial charge in [0.05, 0.1) is 16.7 Å². The molecule has 0 bridgehead atoms. The minimum absolute atomic E-state index is 0.0486. The van der Waals surface area contributed by atoms with Gasteiger partial charge in [0.2, 0.25) is 0 Å². The van der Waals surface area contributed by atoms with Crippen LogP contribution in [0.4, 0.5) is 26.3 Å². The maximum absolute atomic E-state index is 13.5. The molecule has 1 aliphatic heterocycles. The molecule has 197 valence electrons. The molecule has 2 nitrogen and oxygen atoms in total. The first-order valence-electron chi connectivity index (χ1n) is 12.2. The third-order valence-corrected chi connectivity index (χ3v) is 6.99. The van der Waals surface area contributed by atoms with E-state index in [4.69, 9.17) is 0 Å². The van der Waals surface area contributed by atoms with Gasteiger partial charge < -0.3 is 4.90 Å². The van der Waals surface area contributed by atoms with E-state index in [1.54, 1.807) is 12.1 Å². The van der Waals surface area contributed by atoms with Crippen LogP contribution in [0, 0.1) is 6.92 Å². The highest BCUT2D eigenvalue weighted by Gasteiger charge is 2.40. The standard InChI is InChI=1S/C29H29F6N2/c1-27(24-10-6-3-7-11-24,21-23-18-25(28(30,31)32)20-26(19-23)29(33,34)35)37-16-14-36(15-17-37)13-12-22-8-4-2-5-9-22/h2-11,18-20H,1,12-17,21H2. The zero-order chi connectivity index (χ0) is 26.7. The second-order valence-corrected chi connectivity index (χ2v) is 9.55. The molecule has 3 aromatic carbocycles. The first-order valence-corrected chi connectivity index (χ1v) is 12.2. The van der Waals surface area contributed by atoms with Gasteiger partial charge in [-0.3, -0.25) is 4.90 Å². The van der Waals surface area contributed by atoms with E-state index in [0.717, 1.165) is 43.8 Å². The highest BCUT2D eigenvalue weighted by Crippen LogP contribution is 2.39. The smallest absolute Gasteiger partial charge is 0.300 e. The van der Waals surface area contributed by atoms with Crippen LogP contribution in [0.15, 0.2) is 78.9 Å². The first-order chi connectivity index (χ1) is 17.4. The molecule has 0 amide bonds. The fourth-order valence-corrected chi connectivity index (χ4v) is 4.94. The Morgan fingerprint density at radius 3 is 1.65 bits per heavy atom. The topological polar surface area (TPSA) is 6.48 Å². The van der Waals surface area contributed by atoms with E-state index in [0.29, 0.717) is 13.1 Å². The Kier molecular flexibility index (Phi) is 7.99. The number of hydrogen-bond acceptors (Lipinski definition) is 2. The summed E-state index contributed by atoms with van der Waals surface area (Å²) < 4.78 is 80.9. The Balaban J connectivity index is 1.58. The predicted octanol–water partition coefficient (Wildman–Crippen LogP) is 6.86. The molecule has 1 saturated heterocycles. The van der Waals surface area contributed by atoms with Crippen LogP contribution in [0.2, 0.25) is 0 Å². The summed E-state index contributed by atoms with van der Waals surface area (Å²) in [6.07, 6.45) is -8.97. The second kappa shape index (κ2) is 10.9. The van der Waals surface area contributed by atoms with Crippen molar-refractivity contribution >= 4 is 0 Å². The van der Waals surface area contributed by atoms with Crippen LogP contribution in [0.3, 0.4) is 0 Å². The molecule has 0 saturated carbocycles. The average Bonchev–Trinajstić information content (AvgIpc) is 2.87. The van der Waals surface area contributed by atoms with Crippen LogP contribution in [-0.2, 0) is 30.7 Å². The third-order valence-electron chi connectivity index (χ3n) is 6.99. The molecule has 1 aliphatic rings. The zero-order valence-corrected chi connectivity index (χ0v) is 20.3. The minimum atomic E-state index is -4.89. The number of alkyl halides is 6. The van der Waals surface area contributed by atoms with Crippen molar-refractivity contribution in [2.24, 2.45) is 0 Å². The molecule has 37 heavy (non-hydrogen) atoms. The summed E-state index contributed by atoms with van der Waals surface area (Å²) in [5.74, 6) is 0. The highest BCUT2D eigenvalue weighted by molar-refractivity contribution is 5.37. The van der Waals surface area contributed by atoms with Gasteiger partial charge in [0.25, 0.3) is 0 Å². The van der Waals surface area contributed by atoms with Crippen molar-refractivity contribution in [3.05, 3.63) is 114 Å². The SMILES string of the molecule is [CH2]C(Cc1cc(C(F)(F)F)cc(C(F)(F)F)c1)(c1ccccc1)N1CCN(CCc2ccccc2)CC1. The zero-order valence-electron chi connectivity index (χ0n) is 20.3. The van der Waals surface area contributed by atoms with Crippen LogP contribution >= 0.6 is 0 Å². The maximum Gasteiger partial charge on any atom is 0.416 e. The van der Waals surface area contributed by atoms with Crippen LogP contribution in [0.25, 0.3) is 0 Å². The van der Waals surface area contributed by atoms with Gasteiger partial charge >= 0.3 is 12.4 Å². The molecule has 8 heteroatoms. The lowest BCUT2D eigenvalue weighted by Gasteiger charge is -2.46. The van der Waals surface area contributed by atoms with Crippen molar-refractivity contribution in [3.8, 4) is 0 Å². The number of halogens is 6. The van der Waals surface area contributed by atoms with Gasteiger partial charge in [0.15, 0.2) is 0 Å². The largest absolute Gasteiger partial charge is 0.416 e. The fourth-order valence-electron chi connectivity index (χ4n) is 4.94. The third kappa shape index (κ3) is 6.73. The Bertz CT molecular complexity index is 1120. The van der Waals surface area contributed by atoms with Gasteiger partial charge in [-0.15, -0.1) is 0 Å². The monoisotopic (exact) mass is 519 g/mol. The molecule has 3 aromatic rings. The van der Waals surface area contributed by atoms with Gasteiger partial charge in [0.1, 0.15) is 0 Å². The normalized spacial score (nSPS) is 17.5. The maximum atomic E-state index is 13.5. The number of hydrogen-bond donors (Lipinski definition) is 0. The molecule has 0 aliphatic carbocycles. The van der Waals surface area contributed by atoms with Crippen molar-refractivity contribution in [1.82, 2.24) is 9.80 Å². The number of rotatable bonds is 7. The van der Waals surface area contributed by atoms with Gasteiger partial charge in [-0.25, -0.2) is 0 Å². The van der Waals surface area contributed by atoms with Crippen molar-refractivity contribution in [3.63, 3.8) is 0 Å². The molecule has 0 aromatic heterocycles. The Labute approximate surface area is 213 Å². The minimum Gasteiger partial charge on any atom is -0.300 e. The Morgan fingerprint density at radius 2 is 1.14 bits per heavy atom. The van der Waals surface area contributed by atoms with Gasteiger partial charge in [0, 0.05) is 32.7 Å². The Morgan fingerprint density at radius 1 is 0.622 bits per heavy atom. The predicted molar refractivity (Wildman–Crippen MR) is 132 cm³/mol. The fraction of sp³-hybridized carbons (Fsp3) is 0.345. The lowest BCUT2D eigenvalue weighted by molar-refractivity contribution is -0.143. The number of benzene rings is 3. The van der Waals surface area contributed by atoms with Crippen LogP contribution in [0.1, 0.15) is 27.8 Å². The quantitative estimate of drug-likeness (QED) is 0.315. The van der Waals surface area contributed by atoms with Crippen LogP contribution < -0.4 is 0 Å². The van der Waals surface area contributed by atoms with Crippen LogP contribution in [0.5, 0.6) is 0 Å². The van der Waals surface area contributed by atoms with E-state index in [9.17, 15) is 26.3 Å². The van der Waals surface area contributed by atoms with E-state index in [1.807, 2.05) is 36.4 Å².